The summed E-state index contributed by atoms with van der Waals surface area (Å²) in [5.74, 6) is -9.86. The zero-order valence-electron chi connectivity index (χ0n) is 12.0. The Morgan fingerprint density at radius 2 is 1.29 bits per heavy atom. The van der Waals surface area contributed by atoms with Crippen LogP contribution < -0.4 is 0 Å². The second kappa shape index (κ2) is 7.32. The van der Waals surface area contributed by atoms with Gasteiger partial charge in [-0.3, -0.25) is 0 Å². The third kappa shape index (κ3) is 4.49. The number of hydrogen-bond donors (Lipinski definition) is 0. The smallest absolute Gasteiger partial charge is 0.332 e. The molecule has 2 nitrogen and oxygen atoms in total. The van der Waals surface area contributed by atoms with Crippen LogP contribution in [0.3, 0.4) is 0 Å². The summed E-state index contributed by atoms with van der Waals surface area (Å²) in [5.41, 5.74) is -0.980. The number of hydrogen-bond acceptors (Lipinski definition) is 2. The van der Waals surface area contributed by atoms with E-state index in [1.165, 1.54) is 0 Å². The van der Waals surface area contributed by atoms with E-state index in [4.69, 9.17) is 8.85 Å². The molecule has 0 heterocycles. The molecule has 0 saturated carbocycles. The highest BCUT2D eigenvalue weighted by Crippen LogP contribution is 2.24. The molecule has 21 heavy (non-hydrogen) atoms. The fourth-order valence-electron chi connectivity index (χ4n) is 1.53. The first-order chi connectivity index (χ1) is 9.71. The van der Waals surface area contributed by atoms with Gasteiger partial charge in [-0.1, -0.05) is 13.3 Å². The molecule has 0 radical (unpaired) electrons. The average Bonchev–Trinajstić information content (AvgIpc) is 2.43. The molecule has 0 unspecified atom stereocenters. The number of unbranched alkanes of at least 4 members (excludes halogenated alkanes) is 1. The fraction of sp³-hybridized carbons (Fsp3) is 0.538. The van der Waals surface area contributed by atoms with Crippen molar-refractivity contribution >= 4 is 8.56 Å². The Hall–Kier alpha value is -0.993. The molecule has 8 heteroatoms. The van der Waals surface area contributed by atoms with Crippen molar-refractivity contribution in [2.24, 2.45) is 0 Å². The van der Waals surface area contributed by atoms with E-state index in [2.05, 4.69) is 0 Å². The number of rotatable bonds is 7. The maximum absolute atomic E-state index is 13.5. The molecule has 0 atom stereocenters. The van der Waals surface area contributed by atoms with Crippen LogP contribution in [0.25, 0.3) is 0 Å². The van der Waals surface area contributed by atoms with Gasteiger partial charge < -0.3 is 8.85 Å². The van der Waals surface area contributed by atoms with E-state index in [1.807, 2.05) is 6.92 Å². The zero-order chi connectivity index (χ0) is 16.2. The van der Waals surface area contributed by atoms with Crippen LogP contribution in [0.15, 0.2) is 0 Å². The molecule has 0 bridgehead atoms. The Kier molecular flexibility index (Phi) is 6.30. The van der Waals surface area contributed by atoms with Crippen LogP contribution in [-0.2, 0) is 15.5 Å². The first-order valence-electron chi connectivity index (χ1n) is 6.49. The standard InChI is InChI=1S/C13H17F5O2Si/c1-4-5-6-19-21(2,3)20-7-8-9(14)11(16)13(18)12(17)10(8)15/h4-7H2,1-3H3. The quantitative estimate of drug-likeness (QED) is 0.243. The van der Waals surface area contributed by atoms with Gasteiger partial charge in [-0.05, 0) is 19.5 Å². The van der Waals surface area contributed by atoms with Crippen molar-refractivity contribution in [3.8, 4) is 0 Å². The van der Waals surface area contributed by atoms with E-state index in [9.17, 15) is 22.0 Å². The van der Waals surface area contributed by atoms with E-state index in [0.717, 1.165) is 12.8 Å². The van der Waals surface area contributed by atoms with Gasteiger partial charge in [0.2, 0.25) is 5.82 Å². The van der Waals surface area contributed by atoms with E-state index in [1.54, 1.807) is 13.1 Å². The van der Waals surface area contributed by atoms with E-state index in [-0.39, 0.29) is 0 Å². The Morgan fingerprint density at radius 3 is 1.76 bits per heavy atom. The summed E-state index contributed by atoms with van der Waals surface area (Å²) in [6, 6.07) is 0. The van der Waals surface area contributed by atoms with E-state index in [0.29, 0.717) is 6.61 Å². The van der Waals surface area contributed by atoms with Crippen molar-refractivity contribution in [1.82, 2.24) is 0 Å². The van der Waals surface area contributed by atoms with Crippen LogP contribution in [0, 0.1) is 29.1 Å². The first-order valence-corrected chi connectivity index (χ1v) is 9.31. The lowest BCUT2D eigenvalue weighted by molar-refractivity contribution is 0.164. The number of halogens is 5. The van der Waals surface area contributed by atoms with Crippen LogP contribution in [0.1, 0.15) is 25.3 Å². The summed E-state index contributed by atoms with van der Waals surface area (Å²) in [5, 5.41) is 0. The van der Waals surface area contributed by atoms with Crippen molar-refractivity contribution in [3.05, 3.63) is 34.6 Å². The molecule has 1 rings (SSSR count). The van der Waals surface area contributed by atoms with Crippen LogP contribution in [-0.4, -0.2) is 15.2 Å². The van der Waals surface area contributed by atoms with Gasteiger partial charge in [-0.15, -0.1) is 0 Å². The highest BCUT2D eigenvalue weighted by Gasteiger charge is 2.29. The lowest BCUT2D eigenvalue weighted by Crippen LogP contribution is -2.35. The average molecular weight is 328 g/mol. The maximum atomic E-state index is 13.5. The van der Waals surface area contributed by atoms with Gasteiger partial charge in [0.25, 0.3) is 0 Å². The topological polar surface area (TPSA) is 18.5 Å². The van der Waals surface area contributed by atoms with E-state index >= 15 is 0 Å². The Balaban J connectivity index is 2.85. The third-order valence-corrected chi connectivity index (χ3v) is 4.55. The van der Waals surface area contributed by atoms with Crippen molar-refractivity contribution < 1.29 is 30.8 Å². The molecule has 0 aromatic heterocycles. The van der Waals surface area contributed by atoms with Crippen LogP contribution in [0.4, 0.5) is 22.0 Å². The monoisotopic (exact) mass is 328 g/mol. The van der Waals surface area contributed by atoms with Crippen molar-refractivity contribution in [1.29, 1.82) is 0 Å². The Labute approximate surface area is 121 Å². The summed E-state index contributed by atoms with van der Waals surface area (Å²) >= 11 is 0. The minimum absolute atomic E-state index is 0.423. The molecule has 1 aromatic rings. The molecule has 0 aliphatic rings. The first kappa shape index (κ1) is 18.1. The summed E-state index contributed by atoms with van der Waals surface area (Å²) in [7, 11) is -2.69. The second-order valence-corrected chi connectivity index (χ2v) is 8.32. The van der Waals surface area contributed by atoms with E-state index < -0.39 is 49.8 Å². The molecule has 0 aliphatic carbocycles. The molecule has 1 aromatic carbocycles. The van der Waals surface area contributed by atoms with Crippen molar-refractivity contribution in [2.45, 2.75) is 39.5 Å². The molecule has 0 saturated heterocycles. The summed E-state index contributed by atoms with van der Waals surface area (Å²) in [6.07, 6.45) is 1.70. The third-order valence-electron chi connectivity index (χ3n) is 2.81. The fourth-order valence-corrected chi connectivity index (χ4v) is 2.74. The number of benzene rings is 1. The van der Waals surface area contributed by atoms with Crippen LogP contribution in [0.2, 0.25) is 13.1 Å². The predicted octanol–water partition coefficient (Wildman–Crippen LogP) is 4.42. The summed E-state index contributed by atoms with van der Waals surface area (Å²) < 4.78 is 76.6. The lowest BCUT2D eigenvalue weighted by atomic mass is 10.2. The lowest BCUT2D eigenvalue weighted by Gasteiger charge is -2.23. The molecule has 0 amide bonds. The minimum Gasteiger partial charge on any atom is -0.395 e. The van der Waals surface area contributed by atoms with Crippen molar-refractivity contribution in [2.75, 3.05) is 6.61 Å². The minimum atomic E-state index is -2.69. The summed E-state index contributed by atoms with van der Waals surface area (Å²) in [4.78, 5) is 0. The highest BCUT2D eigenvalue weighted by atomic mass is 28.4. The molecule has 0 spiro atoms. The summed E-state index contributed by atoms with van der Waals surface area (Å²) in [6.45, 7) is 4.93. The largest absolute Gasteiger partial charge is 0.395 e. The van der Waals surface area contributed by atoms with Gasteiger partial charge in [0.15, 0.2) is 23.3 Å². The predicted molar refractivity (Wildman–Crippen MR) is 69.4 cm³/mol. The molecule has 0 N–H and O–H groups in total. The van der Waals surface area contributed by atoms with Crippen LogP contribution in [0.5, 0.6) is 0 Å². The van der Waals surface area contributed by atoms with Gasteiger partial charge in [0.05, 0.1) is 12.2 Å². The van der Waals surface area contributed by atoms with Crippen molar-refractivity contribution in [3.63, 3.8) is 0 Å². The van der Waals surface area contributed by atoms with Gasteiger partial charge in [-0.2, -0.15) is 0 Å². The molecule has 0 aliphatic heterocycles. The van der Waals surface area contributed by atoms with Gasteiger partial charge in [-0.25, -0.2) is 22.0 Å². The second-order valence-electron chi connectivity index (χ2n) is 4.94. The van der Waals surface area contributed by atoms with Gasteiger partial charge in [0, 0.05) is 6.61 Å². The normalized spacial score (nSPS) is 12.0. The molecular weight excluding hydrogens is 311 g/mol. The SMILES string of the molecule is CCCCO[Si](C)(C)OCc1c(F)c(F)c(F)c(F)c1F. The highest BCUT2D eigenvalue weighted by molar-refractivity contribution is 6.64. The van der Waals surface area contributed by atoms with Gasteiger partial charge in [0.1, 0.15) is 0 Å². The van der Waals surface area contributed by atoms with Gasteiger partial charge >= 0.3 is 8.56 Å². The molecule has 120 valence electrons. The Morgan fingerprint density at radius 1 is 0.810 bits per heavy atom. The molecular formula is C13H17F5O2Si. The van der Waals surface area contributed by atoms with Crippen LogP contribution >= 0.6 is 0 Å². The maximum Gasteiger partial charge on any atom is 0.332 e. The zero-order valence-corrected chi connectivity index (χ0v) is 13.0. The Bertz CT molecular complexity index is 479. The molecule has 0 fully saturated rings.